The lowest BCUT2D eigenvalue weighted by atomic mass is 10.2. The van der Waals surface area contributed by atoms with E-state index in [4.69, 9.17) is 4.52 Å². The molecule has 0 aliphatic heterocycles. The van der Waals surface area contributed by atoms with Crippen molar-refractivity contribution in [1.29, 1.82) is 0 Å². The van der Waals surface area contributed by atoms with E-state index in [1.807, 2.05) is 26.1 Å². The number of nitrogens with zero attached hydrogens (tertiary/aromatic N) is 3. The number of rotatable bonds is 7. The number of nitrogens with one attached hydrogen (secondary N) is 1. The summed E-state index contributed by atoms with van der Waals surface area (Å²) in [5.41, 5.74) is 2.08. The Balaban J connectivity index is 0.00000225. The molecule has 1 aromatic carbocycles. The van der Waals surface area contributed by atoms with Crippen molar-refractivity contribution in [2.24, 2.45) is 0 Å². The third-order valence-corrected chi connectivity index (χ3v) is 5.47. The molecule has 8 heteroatoms. The topological polar surface area (TPSA) is 63.8 Å². The maximum atomic E-state index is 5.36. The Hall–Kier alpha value is -1.41. The van der Waals surface area contributed by atoms with Crippen molar-refractivity contribution in [3.8, 4) is 11.5 Å². The van der Waals surface area contributed by atoms with Gasteiger partial charge in [0.05, 0.1) is 10.7 Å². The molecule has 134 valence electrons. The van der Waals surface area contributed by atoms with Gasteiger partial charge in [-0.05, 0) is 45.2 Å². The lowest BCUT2D eigenvalue weighted by Gasteiger charge is -2.04. The van der Waals surface area contributed by atoms with Gasteiger partial charge in [0, 0.05) is 34.1 Å². The van der Waals surface area contributed by atoms with Gasteiger partial charge in [-0.25, -0.2) is 4.98 Å². The van der Waals surface area contributed by atoms with Crippen molar-refractivity contribution in [2.45, 2.75) is 37.0 Å². The summed E-state index contributed by atoms with van der Waals surface area (Å²) in [6.45, 7) is 4.12. The van der Waals surface area contributed by atoms with Gasteiger partial charge < -0.3 is 9.84 Å². The highest BCUT2D eigenvalue weighted by Crippen LogP contribution is 2.26. The molecule has 0 aliphatic carbocycles. The highest BCUT2D eigenvalue weighted by Gasteiger charge is 2.11. The summed E-state index contributed by atoms with van der Waals surface area (Å²) in [5.74, 6) is 2.18. The summed E-state index contributed by atoms with van der Waals surface area (Å²) in [4.78, 5) is 10.1. The van der Waals surface area contributed by atoms with Crippen LogP contribution < -0.4 is 5.32 Å². The van der Waals surface area contributed by atoms with Crippen LogP contribution in [-0.2, 0) is 12.2 Å². The molecule has 0 fully saturated rings. The number of halogens is 1. The average Bonchev–Trinajstić information content (AvgIpc) is 3.22. The van der Waals surface area contributed by atoms with Gasteiger partial charge in [0.2, 0.25) is 0 Å². The summed E-state index contributed by atoms with van der Waals surface area (Å²) in [6.07, 6.45) is 0.751. The number of aromatic nitrogens is 3. The van der Waals surface area contributed by atoms with Crippen LogP contribution in [0.1, 0.15) is 23.4 Å². The fourth-order valence-electron chi connectivity index (χ4n) is 2.16. The monoisotopic (exact) mass is 396 g/mol. The molecule has 0 spiro atoms. The second-order valence-electron chi connectivity index (χ2n) is 5.58. The van der Waals surface area contributed by atoms with Crippen LogP contribution in [-0.4, -0.2) is 28.2 Å². The molecule has 5 nitrogen and oxygen atoms in total. The normalized spacial score (nSPS) is 12.0. The van der Waals surface area contributed by atoms with Gasteiger partial charge in [0.15, 0.2) is 5.82 Å². The first-order chi connectivity index (χ1) is 11.6. The molecule has 0 saturated heterocycles. The third-order valence-electron chi connectivity index (χ3n) is 3.60. The molecule has 25 heavy (non-hydrogen) atoms. The Morgan fingerprint density at radius 1 is 1.24 bits per heavy atom. The molecule has 1 atom stereocenters. The lowest BCUT2D eigenvalue weighted by Crippen LogP contribution is -2.24. The standard InChI is InChI=1S/C17H20N4OS2.ClH/c1-11(18-3)8-16-20-17(22-21-16)13-4-6-15(7-5-13)24-10-14-9-23-12(2)19-14;/h4-7,9,11,18H,8,10H2,1-3H3;1H. The molecular formula is C17H21ClN4OS2. The van der Waals surface area contributed by atoms with Crippen LogP contribution in [0.3, 0.4) is 0 Å². The van der Waals surface area contributed by atoms with Crippen LogP contribution in [0, 0.1) is 6.92 Å². The molecule has 0 saturated carbocycles. The van der Waals surface area contributed by atoms with Crippen LogP contribution in [0.4, 0.5) is 0 Å². The van der Waals surface area contributed by atoms with E-state index in [9.17, 15) is 0 Å². The van der Waals surface area contributed by atoms with E-state index in [0.29, 0.717) is 11.9 Å². The summed E-state index contributed by atoms with van der Waals surface area (Å²) in [7, 11) is 1.93. The molecule has 1 N–H and O–H groups in total. The SMILES string of the molecule is CNC(C)Cc1noc(-c2ccc(SCc3csc(C)n3)cc2)n1.Cl. The maximum absolute atomic E-state index is 5.36. The first kappa shape index (κ1) is 19.9. The summed E-state index contributed by atoms with van der Waals surface area (Å²) < 4.78 is 5.36. The zero-order valence-corrected chi connectivity index (χ0v) is 16.8. The van der Waals surface area contributed by atoms with Gasteiger partial charge in [-0.1, -0.05) is 5.16 Å². The second kappa shape index (κ2) is 9.33. The van der Waals surface area contributed by atoms with E-state index in [1.165, 1.54) is 4.90 Å². The molecule has 3 rings (SSSR count). The number of likely N-dealkylation sites (N-methyl/N-ethyl adjacent to an activating group) is 1. The first-order valence-electron chi connectivity index (χ1n) is 7.78. The van der Waals surface area contributed by atoms with Crippen LogP contribution in [0.15, 0.2) is 39.1 Å². The van der Waals surface area contributed by atoms with Crippen molar-refractivity contribution >= 4 is 35.5 Å². The fraction of sp³-hybridized carbons (Fsp3) is 0.353. The minimum Gasteiger partial charge on any atom is -0.334 e. The number of thiazole rings is 1. The molecule has 0 amide bonds. The predicted molar refractivity (Wildman–Crippen MR) is 106 cm³/mol. The Bertz CT molecular complexity index is 788. The van der Waals surface area contributed by atoms with Crippen molar-refractivity contribution < 1.29 is 4.52 Å². The van der Waals surface area contributed by atoms with E-state index in [-0.39, 0.29) is 12.4 Å². The van der Waals surface area contributed by atoms with Gasteiger partial charge in [-0.2, -0.15) is 4.98 Å². The zero-order chi connectivity index (χ0) is 16.9. The molecule has 0 aliphatic rings. The zero-order valence-electron chi connectivity index (χ0n) is 14.4. The van der Waals surface area contributed by atoms with Crippen molar-refractivity contribution in [1.82, 2.24) is 20.4 Å². The minimum absolute atomic E-state index is 0. The molecular weight excluding hydrogens is 376 g/mol. The Labute approximate surface area is 162 Å². The van der Waals surface area contributed by atoms with E-state index in [0.717, 1.165) is 34.3 Å². The Morgan fingerprint density at radius 3 is 2.64 bits per heavy atom. The Morgan fingerprint density at radius 2 is 2.00 bits per heavy atom. The molecule has 2 aromatic heterocycles. The van der Waals surface area contributed by atoms with Crippen molar-refractivity contribution in [3.05, 3.63) is 46.2 Å². The number of aryl methyl sites for hydroxylation is 1. The maximum Gasteiger partial charge on any atom is 0.257 e. The first-order valence-corrected chi connectivity index (χ1v) is 9.64. The second-order valence-corrected chi connectivity index (χ2v) is 7.69. The predicted octanol–water partition coefficient (Wildman–Crippen LogP) is 4.37. The highest BCUT2D eigenvalue weighted by atomic mass is 35.5. The fourth-order valence-corrected chi connectivity index (χ4v) is 3.66. The minimum atomic E-state index is 0. The van der Waals surface area contributed by atoms with Gasteiger partial charge in [-0.15, -0.1) is 35.5 Å². The van der Waals surface area contributed by atoms with Gasteiger partial charge in [0.25, 0.3) is 5.89 Å². The van der Waals surface area contributed by atoms with E-state index >= 15 is 0 Å². The molecule has 0 bridgehead atoms. The largest absolute Gasteiger partial charge is 0.334 e. The van der Waals surface area contributed by atoms with Gasteiger partial charge in [-0.3, -0.25) is 0 Å². The van der Waals surface area contributed by atoms with Gasteiger partial charge >= 0.3 is 0 Å². The third kappa shape index (κ3) is 5.54. The van der Waals surface area contributed by atoms with Crippen LogP contribution in [0.5, 0.6) is 0 Å². The summed E-state index contributed by atoms with van der Waals surface area (Å²) >= 11 is 3.47. The number of benzene rings is 1. The van der Waals surface area contributed by atoms with Crippen LogP contribution in [0.2, 0.25) is 0 Å². The van der Waals surface area contributed by atoms with E-state index < -0.39 is 0 Å². The summed E-state index contributed by atoms with van der Waals surface area (Å²) in [6, 6.07) is 8.53. The number of hydrogen-bond acceptors (Lipinski definition) is 7. The van der Waals surface area contributed by atoms with Crippen LogP contribution >= 0.6 is 35.5 Å². The molecule has 1 unspecified atom stereocenters. The lowest BCUT2D eigenvalue weighted by molar-refractivity contribution is 0.418. The average molecular weight is 397 g/mol. The quantitative estimate of drug-likeness (QED) is 0.598. The van der Waals surface area contributed by atoms with Crippen molar-refractivity contribution in [3.63, 3.8) is 0 Å². The molecule has 0 radical (unpaired) electrons. The van der Waals surface area contributed by atoms with Crippen LogP contribution in [0.25, 0.3) is 11.5 Å². The van der Waals surface area contributed by atoms with E-state index in [1.54, 1.807) is 23.1 Å². The smallest absolute Gasteiger partial charge is 0.257 e. The molecule has 3 aromatic rings. The van der Waals surface area contributed by atoms with Gasteiger partial charge in [0.1, 0.15) is 0 Å². The summed E-state index contributed by atoms with van der Waals surface area (Å²) in [5, 5.41) is 10.4. The number of hydrogen-bond donors (Lipinski definition) is 1. The van der Waals surface area contributed by atoms with E-state index in [2.05, 4.69) is 44.9 Å². The highest BCUT2D eigenvalue weighted by molar-refractivity contribution is 7.98. The Kier molecular flexibility index (Phi) is 7.43. The number of thioether (sulfide) groups is 1. The molecule has 2 heterocycles. The van der Waals surface area contributed by atoms with Crippen molar-refractivity contribution in [2.75, 3.05) is 7.05 Å².